The monoisotopic (exact) mass is 357 g/mol. The van der Waals surface area contributed by atoms with Crippen LogP contribution in [0.3, 0.4) is 0 Å². The number of rotatable bonds is 6. The number of H-pyrrole nitrogens is 1. The summed E-state index contributed by atoms with van der Waals surface area (Å²) in [5, 5.41) is 22.6. The normalized spacial score (nSPS) is 13.0. The van der Waals surface area contributed by atoms with Crippen molar-refractivity contribution < 1.29 is 10.2 Å². The molecule has 4 aromatic rings. The Balaban J connectivity index is 1.83. The van der Waals surface area contributed by atoms with Crippen LogP contribution in [0.1, 0.15) is 13.3 Å². The fourth-order valence-electron chi connectivity index (χ4n) is 3.00. The lowest BCUT2D eigenvalue weighted by atomic mass is 10.3. The molecule has 3 N–H and O–H groups in total. The largest absolute Gasteiger partial charge is 0.394 e. The van der Waals surface area contributed by atoms with Crippen LogP contribution in [0.15, 0.2) is 29.6 Å². The number of aromatic nitrogens is 7. The van der Waals surface area contributed by atoms with Gasteiger partial charge in [0.2, 0.25) is 5.78 Å². The molecule has 1 unspecified atom stereocenters. The molecule has 0 fully saturated rings. The Bertz CT molecular complexity index is 1120. The minimum absolute atomic E-state index is 0.164. The molecule has 4 rings (SSSR count). The van der Waals surface area contributed by atoms with Gasteiger partial charge in [0.15, 0.2) is 11.2 Å². The smallest absolute Gasteiger partial charge is 0.280 e. The van der Waals surface area contributed by atoms with E-state index in [9.17, 15) is 9.90 Å². The van der Waals surface area contributed by atoms with E-state index < -0.39 is 6.10 Å². The Kier molecular flexibility index (Phi) is 4.05. The van der Waals surface area contributed by atoms with Gasteiger partial charge in [0.25, 0.3) is 5.56 Å². The molecule has 136 valence electrons. The fraction of sp³-hybridized carbons (Fsp3) is 0.375. The minimum atomic E-state index is -0.884. The van der Waals surface area contributed by atoms with E-state index in [2.05, 4.69) is 20.1 Å². The lowest BCUT2D eigenvalue weighted by Gasteiger charge is -2.05. The maximum atomic E-state index is 12.8. The van der Waals surface area contributed by atoms with E-state index in [1.165, 1.54) is 4.68 Å². The highest BCUT2D eigenvalue weighted by Gasteiger charge is 2.17. The molecule has 4 heterocycles. The van der Waals surface area contributed by atoms with Crippen molar-refractivity contribution >= 4 is 16.9 Å². The van der Waals surface area contributed by atoms with Crippen molar-refractivity contribution in [3.05, 3.63) is 35.1 Å². The molecule has 4 aromatic heterocycles. The van der Waals surface area contributed by atoms with Crippen molar-refractivity contribution in [2.45, 2.75) is 32.5 Å². The van der Waals surface area contributed by atoms with Gasteiger partial charge >= 0.3 is 0 Å². The quantitative estimate of drug-likeness (QED) is 0.446. The first-order valence-electron chi connectivity index (χ1n) is 8.39. The molecule has 0 saturated heterocycles. The van der Waals surface area contributed by atoms with Crippen molar-refractivity contribution in [2.75, 3.05) is 6.61 Å². The Morgan fingerprint density at radius 3 is 3.00 bits per heavy atom. The van der Waals surface area contributed by atoms with Gasteiger partial charge in [-0.25, -0.2) is 9.97 Å². The van der Waals surface area contributed by atoms with Crippen LogP contribution in [0.2, 0.25) is 0 Å². The zero-order valence-electron chi connectivity index (χ0n) is 14.2. The molecule has 0 spiro atoms. The molecule has 0 saturated carbocycles. The van der Waals surface area contributed by atoms with E-state index in [1.807, 2.05) is 6.92 Å². The Morgan fingerprint density at radius 1 is 1.38 bits per heavy atom. The molecule has 0 aliphatic heterocycles. The van der Waals surface area contributed by atoms with Crippen molar-refractivity contribution in [3.8, 4) is 11.4 Å². The molecular weight excluding hydrogens is 338 g/mol. The summed E-state index contributed by atoms with van der Waals surface area (Å²) in [4.78, 5) is 24.7. The van der Waals surface area contributed by atoms with Gasteiger partial charge < -0.3 is 15.2 Å². The maximum absolute atomic E-state index is 12.8. The zero-order chi connectivity index (χ0) is 18.3. The van der Waals surface area contributed by atoms with Gasteiger partial charge in [-0.15, -0.1) is 0 Å². The summed E-state index contributed by atoms with van der Waals surface area (Å²) in [7, 11) is 0. The van der Waals surface area contributed by atoms with Gasteiger partial charge in [-0.05, 0) is 6.42 Å². The molecule has 0 radical (unpaired) electrons. The first-order chi connectivity index (χ1) is 12.6. The van der Waals surface area contributed by atoms with Gasteiger partial charge in [-0.1, -0.05) is 6.92 Å². The summed E-state index contributed by atoms with van der Waals surface area (Å²) in [6.07, 6.45) is 6.64. The zero-order valence-corrected chi connectivity index (χ0v) is 14.2. The number of nitrogens with zero attached hydrogens (tertiary/aromatic N) is 6. The van der Waals surface area contributed by atoms with Crippen LogP contribution in [0.5, 0.6) is 0 Å². The van der Waals surface area contributed by atoms with E-state index in [0.717, 1.165) is 6.42 Å². The summed E-state index contributed by atoms with van der Waals surface area (Å²) >= 11 is 0. The number of imidazole rings is 2. The molecular formula is C16H19N7O3. The second-order valence-electron chi connectivity index (χ2n) is 6.13. The second kappa shape index (κ2) is 6.39. The third-order valence-corrected chi connectivity index (χ3v) is 4.20. The van der Waals surface area contributed by atoms with E-state index in [4.69, 9.17) is 5.11 Å². The molecule has 0 aromatic carbocycles. The van der Waals surface area contributed by atoms with Crippen molar-refractivity contribution in [1.29, 1.82) is 0 Å². The SMILES string of the molecule is CCCn1c(=O)c2[nH]c(-c3cnn(CC(O)CO)c3)nc2n2ccnc12. The Morgan fingerprint density at radius 2 is 2.23 bits per heavy atom. The molecule has 0 bridgehead atoms. The van der Waals surface area contributed by atoms with Crippen LogP contribution >= 0.6 is 0 Å². The Labute approximate surface area is 147 Å². The number of hydrogen-bond donors (Lipinski definition) is 3. The van der Waals surface area contributed by atoms with Gasteiger partial charge in [0.1, 0.15) is 5.82 Å². The first kappa shape index (κ1) is 16.5. The molecule has 0 aliphatic carbocycles. The molecule has 1 atom stereocenters. The number of fused-ring (bicyclic) bond motifs is 3. The predicted molar refractivity (Wildman–Crippen MR) is 93.7 cm³/mol. The molecule has 26 heavy (non-hydrogen) atoms. The summed E-state index contributed by atoms with van der Waals surface area (Å²) in [6, 6.07) is 0. The standard InChI is InChI=1S/C16H19N7O3/c1-2-4-23-15(26)12-14(22-5-3-17-16(22)23)20-13(19-12)10-6-18-21(7-10)8-11(25)9-24/h3,5-7,11,24-25H,2,4,8-9H2,1H3,(H,19,20). The highest BCUT2D eigenvalue weighted by molar-refractivity contribution is 5.77. The van der Waals surface area contributed by atoms with Gasteiger partial charge in [0, 0.05) is 25.1 Å². The van der Waals surface area contributed by atoms with E-state index in [-0.39, 0.29) is 18.7 Å². The molecule has 10 nitrogen and oxygen atoms in total. The molecule has 10 heteroatoms. The second-order valence-corrected chi connectivity index (χ2v) is 6.13. The topological polar surface area (TPSA) is 126 Å². The molecule has 0 amide bonds. The first-order valence-corrected chi connectivity index (χ1v) is 8.39. The van der Waals surface area contributed by atoms with Crippen LogP contribution in [-0.2, 0) is 13.1 Å². The summed E-state index contributed by atoms with van der Waals surface area (Å²) in [5.41, 5.74) is 1.43. The minimum Gasteiger partial charge on any atom is -0.394 e. The van der Waals surface area contributed by atoms with E-state index in [0.29, 0.717) is 34.9 Å². The summed E-state index contributed by atoms with van der Waals surface area (Å²) < 4.78 is 4.93. The van der Waals surface area contributed by atoms with Crippen molar-refractivity contribution in [3.63, 3.8) is 0 Å². The summed E-state index contributed by atoms with van der Waals surface area (Å²) in [5.74, 6) is 1.07. The van der Waals surface area contributed by atoms with Gasteiger partial charge in [-0.3, -0.25) is 18.4 Å². The van der Waals surface area contributed by atoms with Crippen LogP contribution < -0.4 is 5.56 Å². The number of nitrogens with one attached hydrogen (secondary N) is 1. The van der Waals surface area contributed by atoms with Gasteiger partial charge in [0.05, 0.1) is 31.0 Å². The maximum Gasteiger partial charge on any atom is 0.280 e. The predicted octanol–water partition coefficient (Wildman–Crippen LogP) is -0.00100. The third kappa shape index (κ3) is 2.59. The number of aliphatic hydroxyl groups is 2. The average Bonchev–Trinajstić information content (AvgIpc) is 3.36. The highest BCUT2D eigenvalue weighted by Crippen LogP contribution is 2.19. The van der Waals surface area contributed by atoms with E-state index >= 15 is 0 Å². The van der Waals surface area contributed by atoms with Crippen molar-refractivity contribution in [1.82, 2.24) is 33.7 Å². The summed E-state index contributed by atoms with van der Waals surface area (Å²) in [6.45, 7) is 2.41. The van der Waals surface area contributed by atoms with Gasteiger partial charge in [-0.2, -0.15) is 5.10 Å². The molecule has 0 aliphatic rings. The number of hydrogen-bond acceptors (Lipinski definition) is 6. The third-order valence-electron chi connectivity index (χ3n) is 4.20. The van der Waals surface area contributed by atoms with Crippen LogP contribution in [0.25, 0.3) is 28.3 Å². The van der Waals surface area contributed by atoms with Crippen LogP contribution in [-0.4, -0.2) is 56.6 Å². The van der Waals surface area contributed by atoms with E-state index in [1.54, 1.807) is 33.8 Å². The van der Waals surface area contributed by atoms with Crippen LogP contribution in [0, 0.1) is 0 Å². The van der Waals surface area contributed by atoms with Crippen LogP contribution in [0.4, 0.5) is 0 Å². The Hall–Kier alpha value is -2.98. The number of aryl methyl sites for hydroxylation is 1. The average molecular weight is 357 g/mol. The number of aliphatic hydroxyl groups excluding tert-OH is 2. The lowest BCUT2D eigenvalue weighted by Crippen LogP contribution is -2.23. The number of aromatic amines is 1. The lowest BCUT2D eigenvalue weighted by molar-refractivity contribution is 0.0783. The highest BCUT2D eigenvalue weighted by atomic mass is 16.3. The van der Waals surface area contributed by atoms with Crippen molar-refractivity contribution in [2.24, 2.45) is 0 Å². The fourth-order valence-corrected chi connectivity index (χ4v) is 3.00.